The van der Waals surface area contributed by atoms with Crippen molar-refractivity contribution in [3.8, 4) is 0 Å². The minimum Gasteiger partial charge on any atom is -0.376 e. The Morgan fingerprint density at radius 3 is 2.81 bits per heavy atom. The van der Waals surface area contributed by atoms with Crippen LogP contribution in [-0.4, -0.2) is 17.5 Å². The number of hydrogen-bond acceptors (Lipinski definition) is 4. The summed E-state index contributed by atoms with van der Waals surface area (Å²) in [5.74, 6) is -0.820. The van der Waals surface area contributed by atoms with Crippen LogP contribution in [0.15, 0.2) is 12.1 Å². The first kappa shape index (κ1) is 12.7. The van der Waals surface area contributed by atoms with Crippen molar-refractivity contribution in [1.29, 1.82) is 0 Å². The molecular weight excluding hydrogens is 237 g/mol. The van der Waals surface area contributed by atoms with E-state index in [1.807, 2.05) is 0 Å². The van der Waals surface area contributed by atoms with E-state index in [9.17, 15) is 14.5 Å². The molecule has 0 aromatic heterocycles. The van der Waals surface area contributed by atoms with Crippen LogP contribution in [0.4, 0.5) is 15.8 Å². The van der Waals surface area contributed by atoms with E-state index in [1.54, 1.807) is 6.92 Å². The van der Waals surface area contributed by atoms with E-state index in [1.165, 1.54) is 6.07 Å². The van der Waals surface area contributed by atoms with Crippen LogP contribution in [0.1, 0.15) is 6.92 Å². The molecule has 1 rings (SSSR count). The summed E-state index contributed by atoms with van der Waals surface area (Å²) in [6, 6.07) is 1.80. The number of nitro groups is 1. The average Bonchev–Trinajstić information content (AvgIpc) is 2.22. The number of nitrogens with one attached hydrogen (secondary N) is 1. The highest BCUT2D eigenvalue weighted by atomic mass is 35.5. The molecule has 0 saturated heterocycles. The molecule has 1 atom stereocenters. The lowest BCUT2D eigenvalue weighted by atomic mass is 10.2. The Balaban J connectivity index is 3.14. The molecule has 0 fully saturated rings. The van der Waals surface area contributed by atoms with Gasteiger partial charge in [-0.2, -0.15) is 0 Å². The number of halogens is 2. The molecule has 5 nitrogen and oxygen atoms in total. The number of nitrogens with zero attached hydrogens (tertiary/aromatic N) is 1. The van der Waals surface area contributed by atoms with Crippen molar-refractivity contribution in [2.45, 2.75) is 13.0 Å². The van der Waals surface area contributed by atoms with Crippen LogP contribution < -0.4 is 11.1 Å². The van der Waals surface area contributed by atoms with Gasteiger partial charge in [0, 0.05) is 12.6 Å². The van der Waals surface area contributed by atoms with Crippen molar-refractivity contribution in [1.82, 2.24) is 0 Å². The van der Waals surface area contributed by atoms with Gasteiger partial charge in [0.25, 0.3) is 5.69 Å². The minimum absolute atomic E-state index is 0.161. The topological polar surface area (TPSA) is 81.2 Å². The lowest BCUT2D eigenvalue weighted by Gasteiger charge is -2.13. The second-order valence-electron chi connectivity index (χ2n) is 3.32. The first-order valence-corrected chi connectivity index (χ1v) is 4.93. The zero-order valence-corrected chi connectivity index (χ0v) is 9.29. The smallest absolute Gasteiger partial charge is 0.295 e. The Bertz CT molecular complexity index is 414. The Labute approximate surface area is 96.5 Å². The van der Waals surface area contributed by atoms with E-state index in [-0.39, 0.29) is 22.4 Å². The zero-order chi connectivity index (χ0) is 12.3. The zero-order valence-electron chi connectivity index (χ0n) is 8.54. The summed E-state index contributed by atoms with van der Waals surface area (Å²) < 4.78 is 13.1. The summed E-state index contributed by atoms with van der Waals surface area (Å²) in [6.07, 6.45) is 0. The van der Waals surface area contributed by atoms with Crippen LogP contribution in [-0.2, 0) is 0 Å². The van der Waals surface area contributed by atoms with Gasteiger partial charge < -0.3 is 11.1 Å². The molecule has 0 heterocycles. The monoisotopic (exact) mass is 247 g/mol. The summed E-state index contributed by atoms with van der Waals surface area (Å²) in [7, 11) is 0. The molecule has 3 N–H and O–H groups in total. The number of hydrogen-bond donors (Lipinski definition) is 2. The molecule has 1 aromatic rings. The maximum absolute atomic E-state index is 13.1. The molecule has 0 aliphatic rings. The summed E-state index contributed by atoms with van der Waals surface area (Å²) in [4.78, 5) is 10.0. The average molecular weight is 248 g/mol. The van der Waals surface area contributed by atoms with Gasteiger partial charge in [-0.05, 0) is 13.0 Å². The van der Waals surface area contributed by atoms with Crippen LogP contribution in [0.3, 0.4) is 0 Å². The first-order valence-electron chi connectivity index (χ1n) is 4.55. The summed E-state index contributed by atoms with van der Waals surface area (Å²) in [5.41, 5.74) is 5.18. The summed E-state index contributed by atoms with van der Waals surface area (Å²) >= 11 is 5.55. The molecule has 1 aromatic carbocycles. The fourth-order valence-corrected chi connectivity index (χ4v) is 1.29. The summed E-state index contributed by atoms with van der Waals surface area (Å²) in [6.45, 7) is 2.05. The van der Waals surface area contributed by atoms with E-state index < -0.39 is 10.7 Å². The molecule has 0 saturated carbocycles. The fourth-order valence-electron chi connectivity index (χ4n) is 1.13. The van der Waals surface area contributed by atoms with Crippen molar-refractivity contribution in [2.24, 2.45) is 5.73 Å². The minimum atomic E-state index is -0.820. The second-order valence-corrected chi connectivity index (χ2v) is 3.73. The Kier molecular flexibility index (Phi) is 4.03. The number of benzene rings is 1. The normalized spacial score (nSPS) is 12.2. The van der Waals surface area contributed by atoms with Gasteiger partial charge in [0.1, 0.15) is 11.5 Å². The fraction of sp³-hybridized carbons (Fsp3) is 0.333. The molecule has 0 amide bonds. The second kappa shape index (κ2) is 5.09. The van der Waals surface area contributed by atoms with E-state index >= 15 is 0 Å². The van der Waals surface area contributed by atoms with Crippen LogP contribution in [0.5, 0.6) is 0 Å². The molecule has 0 aliphatic carbocycles. The number of rotatable bonds is 4. The SMILES string of the molecule is CC(CN)Nc1cc(Cl)c(F)cc1[N+](=O)[O-]. The largest absolute Gasteiger partial charge is 0.376 e. The quantitative estimate of drug-likeness (QED) is 0.631. The van der Waals surface area contributed by atoms with Crippen molar-refractivity contribution in [2.75, 3.05) is 11.9 Å². The highest BCUT2D eigenvalue weighted by Crippen LogP contribution is 2.30. The van der Waals surface area contributed by atoms with Crippen molar-refractivity contribution in [3.05, 3.63) is 33.1 Å². The van der Waals surface area contributed by atoms with Gasteiger partial charge in [-0.1, -0.05) is 11.6 Å². The molecule has 16 heavy (non-hydrogen) atoms. The van der Waals surface area contributed by atoms with Crippen LogP contribution in [0, 0.1) is 15.9 Å². The van der Waals surface area contributed by atoms with E-state index in [4.69, 9.17) is 17.3 Å². The Morgan fingerprint density at radius 2 is 2.31 bits per heavy atom. The van der Waals surface area contributed by atoms with Crippen molar-refractivity contribution in [3.63, 3.8) is 0 Å². The van der Waals surface area contributed by atoms with Gasteiger partial charge >= 0.3 is 0 Å². The van der Waals surface area contributed by atoms with Crippen LogP contribution in [0.2, 0.25) is 5.02 Å². The maximum atomic E-state index is 13.1. The molecule has 0 spiro atoms. The molecule has 1 unspecified atom stereocenters. The third kappa shape index (κ3) is 2.80. The van der Waals surface area contributed by atoms with Crippen molar-refractivity contribution < 1.29 is 9.31 Å². The van der Waals surface area contributed by atoms with E-state index in [0.29, 0.717) is 6.54 Å². The Hall–Kier alpha value is -1.40. The number of nitro benzene ring substituents is 1. The predicted octanol–water partition coefficient (Wildman–Crippen LogP) is 2.15. The summed E-state index contributed by atoms with van der Waals surface area (Å²) in [5, 5.41) is 13.3. The van der Waals surface area contributed by atoms with Crippen molar-refractivity contribution >= 4 is 23.0 Å². The molecular formula is C9H11ClFN3O2. The van der Waals surface area contributed by atoms with Gasteiger partial charge in [-0.15, -0.1) is 0 Å². The van der Waals surface area contributed by atoms with Gasteiger partial charge in [0.15, 0.2) is 0 Å². The molecule has 0 bridgehead atoms. The number of anilines is 1. The highest BCUT2D eigenvalue weighted by molar-refractivity contribution is 6.31. The molecule has 0 radical (unpaired) electrons. The highest BCUT2D eigenvalue weighted by Gasteiger charge is 2.18. The molecule has 0 aliphatic heterocycles. The van der Waals surface area contributed by atoms with Crippen LogP contribution in [0.25, 0.3) is 0 Å². The van der Waals surface area contributed by atoms with Crippen LogP contribution >= 0.6 is 11.6 Å². The van der Waals surface area contributed by atoms with E-state index in [0.717, 1.165) is 6.07 Å². The van der Waals surface area contributed by atoms with Gasteiger partial charge in [0.05, 0.1) is 16.0 Å². The maximum Gasteiger partial charge on any atom is 0.295 e. The third-order valence-corrected chi connectivity index (χ3v) is 2.28. The standard InChI is InChI=1S/C9H11ClFN3O2/c1-5(4-12)13-8-2-6(10)7(11)3-9(8)14(15)16/h2-3,5,13H,4,12H2,1H3. The molecule has 7 heteroatoms. The molecule has 88 valence electrons. The predicted molar refractivity (Wildman–Crippen MR) is 60.2 cm³/mol. The third-order valence-electron chi connectivity index (χ3n) is 1.99. The lowest BCUT2D eigenvalue weighted by molar-refractivity contribution is -0.384. The van der Waals surface area contributed by atoms with E-state index in [2.05, 4.69) is 5.32 Å². The first-order chi connectivity index (χ1) is 7.45. The Morgan fingerprint density at radius 1 is 1.69 bits per heavy atom. The van der Waals surface area contributed by atoms with Gasteiger partial charge in [-0.25, -0.2) is 4.39 Å². The lowest BCUT2D eigenvalue weighted by Crippen LogP contribution is -2.25. The van der Waals surface area contributed by atoms with Gasteiger partial charge in [-0.3, -0.25) is 10.1 Å². The number of nitrogens with two attached hydrogens (primary N) is 1. The van der Waals surface area contributed by atoms with Gasteiger partial charge in [0.2, 0.25) is 0 Å².